The van der Waals surface area contributed by atoms with Crippen LogP contribution in [0.3, 0.4) is 0 Å². The first-order valence-corrected chi connectivity index (χ1v) is 15.7. The third-order valence-electron chi connectivity index (χ3n) is 6.91. The molecule has 1 aromatic carbocycles. The van der Waals surface area contributed by atoms with Crippen LogP contribution in [0.25, 0.3) is 0 Å². The van der Waals surface area contributed by atoms with Gasteiger partial charge < -0.3 is 31.4 Å². The first-order valence-electron chi connectivity index (χ1n) is 13.7. The standard InChI is InChI=1S/C26H29N11O7S2.Na/c1-11(2)7-28-25-29-8-15(19(39)31-25)36(24(27)44)17(12-3-5-14(38)6-4-12)20(40)30-16-21(41)37-18(23(42)43)13(9-45-22(16)37)10-46-26-32-34-35-33-26;/h3-6,8,11,16-17,22,38H,7,9-10H2,1-2H3,(H2,27,44)(H,30,40)(H,42,43)(H2,28,29,31,39)(H,32,33,34,35);/q;+1/p-1/t16?,17?,22-;/m1./s1. The summed E-state index contributed by atoms with van der Waals surface area (Å²) in [5.74, 6) is -2.60. The predicted octanol–water partition coefficient (Wildman–Crippen LogP) is -4.12. The third-order valence-corrected chi connectivity index (χ3v) is 9.17. The number of fused-ring (bicyclic) bond motifs is 1. The Morgan fingerprint density at radius 2 is 1.98 bits per heavy atom. The average Bonchev–Trinajstić information content (AvgIpc) is 3.54. The molecule has 1 fully saturated rings. The van der Waals surface area contributed by atoms with Crippen molar-refractivity contribution in [3.63, 3.8) is 0 Å². The number of rotatable bonds is 12. The van der Waals surface area contributed by atoms with Crippen molar-refractivity contribution in [2.24, 2.45) is 11.7 Å². The van der Waals surface area contributed by atoms with Gasteiger partial charge in [0.05, 0.1) is 17.9 Å². The van der Waals surface area contributed by atoms with Gasteiger partial charge in [0.15, 0.2) is 0 Å². The molecule has 0 spiro atoms. The predicted molar refractivity (Wildman–Crippen MR) is 163 cm³/mol. The molecule has 5 rings (SSSR count). The first kappa shape index (κ1) is 35.7. The molecule has 4 amide bonds. The number of H-pyrrole nitrogens is 2. The second kappa shape index (κ2) is 15.2. The van der Waals surface area contributed by atoms with Gasteiger partial charge in [-0.15, -0.1) is 22.0 Å². The smallest absolute Gasteiger partial charge is 0.543 e. The number of aromatic nitrogens is 6. The molecule has 0 radical (unpaired) electrons. The van der Waals surface area contributed by atoms with E-state index in [9.17, 15) is 34.2 Å². The zero-order valence-corrected chi connectivity index (χ0v) is 28.9. The number of nitrogens with zero attached hydrogens (tertiary/aromatic N) is 6. The van der Waals surface area contributed by atoms with Gasteiger partial charge in [0, 0.05) is 18.1 Å². The number of nitrogens with two attached hydrogens (primary N) is 1. The molecule has 2 aliphatic heterocycles. The molecule has 0 aliphatic carbocycles. The molecule has 2 aromatic heterocycles. The van der Waals surface area contributed by atoms with Crippen LogP contribution in [0.2, 0.25) is 0 Å². The van der Waals surface area contributed by atoms with Gasteiger partial charge in [-0.2, -0.15) is 5.21 Å². The van der Waals surface area contributed by atoms with Gasteiger partial charge >= 0.3 is 35.6 Å². The number of carboxylic acids is 1. The van der Waals surface area contributed by atoms with Crippen LogP contribution in [0.4, 0.5) is 16.4 Å². The van der Waals surface area contributed by atoms with Gasteiger partial charge in [-0.05, 0) is 34.4 Å². The van der Waals surface area contributed by atoms with Gasteiger partial charge in [-0.3, -0.25) is 29.2 Å². The Morgan fingerprint density at radius 1 is 1.26 bits per heavy atom. The number of urea groups is 1. The number of phenols is 1. The number of carboxylic acid groups (broad SMARTS) is 1. The Hall–Kier alpha value is -4.11. The summed E-state index contributed by atoms with van der Waals surface area (Å²) in [6.45, 7) is 4.41. The van der Waals surface area contributed by atoms with Gasteiger partial charge in [0.2, 0.25) is 17.0 Å². The molecule has 18 nitrogen and oxygen atoms in total. The number of anilines is 2. The van der Waals surface area contributed by atoms with Crippen molar-refractivity contribution in [2.75, 3.05) is 28.3 Å². The van der Waals surface area contributed by atoms with Crippen molar-refractivity contribution in [1.82, 2.24) is 40.8 Å². The van der Waals surface area contributed by atoms with Crippen LogP contribution in [0.15, 0.2) is 51.7 Å². The minimum Gasteiger partial charge on any atom is -0.543 e. The number of tetrazole rings is 1. The van der Waals surface area contributed by atoms with Crippen molar-refractivity contribution >= 4 is 59.0 Å². The maximum atomic E-state index is 13.9. The Bertz CT molecular complexity index is 1740. The molecule has 21 heteroatoms. The van der Waals surface area contributed by atoms with Crippen LogP contribution in [-0.4, -0.2) is 93.9 Å². The molecule has 1 saturated heterocycles. The molecule has 3 aromatic rings. The number of amides is 4. The second-order valence-electron chi connectivity index (χ2n) is 10.5. The fourth-order valence-electron chi connectivity index (χ4n) is 4.79. The largest absolute Gasteiger partial charge is 1.00 e. The van der Waals surface area contributed by atoms with E-state index in [0.29, 0.717) is 12.1 Å². The van der Waals surface area contributed by atoms with E-state index >= 15 is 0 Å². The summed E-state index contributed by atoms with van der Waals surface area (Å²) in [5.41, 5.74) is 4.81. The average molecular weight is 694 g/mol. The zero-order chi connectivity index (χ0) is 33.1. The minimum absolute atomic E-state index is 0. The SMILES string of the molecule is CC(C)CNc1ncc(N(C(N)=O)C(C(=O)NC2C(=O)N3C(C(=O)[O-])=C(CSc4nn[nH]n4)CS[C@H]23)c2ccc(O)cc2)c(=O)[nH]1.[Na+]. The van der Waals surface area contributed by atoms with Gasteiger partial charge in [-0.1, -0.05) is 37.7 Å². The molecule has 242 valence electrons. The van der Waals surface area contributed by atoms with E-state index in [0.717, 1.165) is 27.8 Å². The number of carbonyl (C=O) groups is 4. The van der Waals surface area contributed by atoms with Crippen LogP contribution in [0.5, 0.6) is 5.75 Å². The van der Waals surface area contributed by atoms with Crippen LogP contribution in [0, 0.1) is 5.92 Å². The number of phenolic OH excluding ortho intramolecular Hbond substituents is 1. The number of benzene rings is 1. The van der Waals surface area contributed by atoms with Crippen LogP contribution < -0.4 is 61.5 Å². The van der Waals surface area contributed by atoms with Gasteiger partial charge in [-0.25, -0.2) is 9.78 Å². The summed E-state index contributed by atoms with van der Waals surface area (Å²) in [4.78, 5) is 73.8. The molecule has 47 heavy (non-hydrogen) atoms. The van der Waals surface area contributed by atoms with E-state index in [-0.39, 0.29) is 80.8 Å². The van der Waals surface area contributed by atoms with E-state index in [1.54, 1.807) is 0 Å². The van der Waals surface area contributed by atoms with Gasteiger partial charge in [0.25, 0.3) is 11.5 Å². The molecule has 0 bridgehead atoms. The fourth-order valence-corrected chi connectivity index (χ4v) is 7.01. The summed E-state index contributed by atoms with van der Waals surface area (Å²) in [5, 5.41) is 40.4. The summed E-state index contributed by atoms with van der Waals surface area (Å²) in [6, 6.07) is 1.29. The first-order chi connectivity index (χ1) is 22.0. The molecular formula is C26H28N11NaO7S2. The van der Waals surface area contributed by atoms with Crippen LogP contribution in [-0.2, 0) is 14.4 Å². The molecule has 3 atom stereocenters. The summed E-state index contributed by atoms with van der Waals surface area (Å²) in [7, 11) is 0. The number of aromatic amines is 2. The van der Waals surface area contributed by atoms with E-state index < -0.39 is 46.8 Å². The van der Waals surface area contributed by atoms with E-state index in [1.165, 1.54) is 36.0 Å². The number of primary amides is 1. The molecular weight excluding hydrogens is 665 g/mol. The molecule has 7 N–H and O–H groups in total. The maximum absolute atomic E-state index is 13.9. The van der Waals surface area contributed by atoms with Crippen molar-refractivity contribution < 1.29 is 58.9 Å². The Balaban J connectivity index is 0.00000500. The number of aliphatic carboxylic acids is 1. The van der Waals surface area contributed by atoms with Crippen LogP contribution in [0.1, 0.15) is 25.5 Å². The van der Waals surface area contributed by atoms with E-state index in [4.69, 9.17) is 5.73 Å². The molecule has 2 unspecified atom stereocenters. The Labute approximate surface area is 297 Å². The summed E-state index contributed by atoms with van der Waals surface area (Å²) < 4.78 is 0. The second-order valence-corrected chi connectivity index (χ2v) is 12.6. The summed E-state index contributed by atoms with van der Waals surface area (Å²) in [6.07, 6.45) is 1.09. The van der Waals surface area contributed by atoms with Crippen LogP contribution >= 0.6 is 23.5 Å². The van der Waals surface area contributed by atoms with E-state index in [1.807, 2.05) is 13.8 Å². The fraction of sp³-hybridized carbons (Fsp3) is 0.346. The molecule has 2 aliphatic rings. The Kier molecular flexibility index (Phi) is 11.6. The summed E-state index contributed by atoms with van der Waals surface area (Å²) >= 11 is 2.33. The normalized spacial score (nSPS) is 17.7. The number of aromatic hydroxyl groups is 1. The van der Waals surface area contributed by atoms with Gasteiger partial charge in [0.1, 0.15) is 28.9 Å². The minimum atomic E-state index is -1.59. The van der Waals surface area contributed by atoms with Crippen molar-refractivity contribution in [3.8, 4) is 5.75 Å². The number of hydrogen-bond donors (Lipinski definition) is 6. The van der Waals surface area contributed by atoms with Crippen molar-refractivity contribution in [3.05, 3.63) is 57.6 Å². The molecule has 0 saturated carbocycles. The number of β-lactam (4-membered cyclic amide) rings is 1. The monoisotopic (exact) mass is 693 g/mol. The van der Waals surface area contributed by atoms with Crippen molar-refractivity contribution in [1.29, 1.82) is 0 Å². The topological polar surface area (TPSA) is 268 Å². The number of nitrogens with one attached hydrogen (secondary N) is 4. The Morgan fingerprint density at radius 3 is 2.57 bits per heavy atom. The third kappa shape index (κ3) is 7.73. The maximum Gasteiger partial charge on any atom is 1.00 e. The molecule has 4 heterocycles. The number of thioether (sulfide) groups is 2. The van der Waals surface area contributed by atoms with Crippen molar-refractivity contribution in [2.45, 2.75) is 36.5 Å². The number of hydrogen-bond acceptors (Lipinski definition) is 14. The zero-order valence-electron chi connectivity index (χ0n) is 25.3. The number of carbonyl (C=O) groups excluding carboxylic acids is 4. The quantitative estimate of drug-likeness (QED) is 0.0598. The van der Waals surface area contributed by atoms with E-state index in [2.05, 4.69) is 41.2 Å².